The maximum atomic E-state index is 12.4. The molecule has 1 rings (SSSR count). The maximum Gasteiger partial charge on any atom is 0.270 e. The van der Waals surface area contributed by atoms with Crippen molar-refractivity contribution < 1.29 is 12.8 Å². The van der Waals surface area contributed by atoms with E-state index >= 15 is 0 Å². The highest BCUT2D eigenvalue weighted by Gasteiger charge is 2.11. The first-order chi connectivity index (χ1) is 6.06. The van der Waals surface area contributed by atoms with Crippen LogP contribution in [0.3, 0.4) is 0 Å². The van der Waals surface area contributed by atoms with Crippen LogP contribution in [0.5, 0.6) is 0 Å². The van der Waals surface area contributed by atoms with E-state index in [-0.39, 0.29) is 4.90 Å². The Hall–Kier alpha value is -1.61. The minimum atomic E-state index is -3.80. The molecule has 1 N–H and O–H groups in total. The van der Waals surface area contributed by atoms with Gasteiger partial charge in [-0.1, -0.05) is 0 Å². The molecule has 0 saturated heterocycles. The summed E-state index contributed by atoms with van der Waals surface area (Å²) in [7, 11) is -3.80. The van der Waals surface area contributed by atoms with Gasteiger partial charge in [0, 0.05) is 0 Å². The van der Waals surface area contributed by atoms with Crippen molar-refractivity contribution in [2.75, 3.05) is 0 Å². The lowest BCUT2D eigenvalue weighted by molar-refractivity contribution is 0.590. The van der Waals surface area contributed by atoms with Crippen molar-refractivity contribution >= 4 is 10.0 Å². The van der Waals surface area contributed by atoms with Gasteiger partial charge in [-0.2, -0.15) is 5.26 Å². The molecule has 6 heteroatoms. The minimum Gasteiger partial charge on any atom is -0.215 e. The fraction of sp³-hybridized carbons (Fsp3) is 0. The highest BCUT2D eigenvalue weighted by Crippen LogP contribution is 2.08. The van der Waals surface area contributed by atoms with Gasteiger partial charge >= 0.3 is 0 Å². The molecule has 0 aliphatic rings. The van der Waals surface area contributed by atoms with Crippen LogP contribution in [0.25, 0.3) is 0 Å². The number of nitrogens with one attached hydrogen (secondary N) is 1. The van der Waals surface area contributed by atoms with Gasteiger partial charge in [0.05, 0.1) is 4.90 Å². The van der Waals surface area contributed by atoms with Crippen molar-refractivity contribution in [3.05, 3.63) is 30.1 Å². The van der Waals surface area contributed by atoms with Crippen LogP contribution in [0.2, 0.25) is 0 Å². The van der Waals surface area contributed by atoms with Crippen LogP contribution >= 0.6 is 0 Å². The van der Waals surface area contributed by atoms with E-state index in [1.165, 1.54) is 6.19 Å². The summed E-state index contributed by atoms with van der Waals surface area (Å²) in [6.07, 6.45) is 1.29. The zero-order valence-corrected chi connectivity index (χ0v) is 7.18. The lowest BCUT2D eigenvalue weighted by Crippen LogP contribution is -2.17. The number of sulfonamides is 1. The van der Waals surface area contributed by atoms with Crippen LogP contribution in [0.15, 0.2) is 29.2 Å². The lowest BCUT2D eigenvalue weighted by atomic mass is 10.4. The molecule has 0 atom stereocenters. The molecule has 0 spiro atoms. The molecule has 0 radical (unpaired) electrons. The van der Waals surface area contributed by atoms with Crippen LogP contribution in [0, 0.1) is 17.3 Å². The summed E-state index contributed by atoms with van der Waals surface area (Å²) in [5.41, 5.74) is 0. The van der Waals surface area contributed by atoms with E-state index < -0.39 is 15.8 Å². The molecule has 0 aliphatic heterocycles. The fourth-order valence-electron chi connectivity index (χ4n) is 0.733. The molecule has 0 fully saturated rings. The molecule has 0 heterocycles. The second-order valence-electron chi connectivity index (χ2n) is 2.17. The van der Waals surface area contributed by atoms with Crippen LogP contribution in [-0.4, -0.2) is 8.42 Å². The summed E-state index contributed by atoms with van der Waals surface area (Å²) in [4.78, 5) is -0.143. The van der Waals surface area contributed by atoms with E-state index in [0.29, 0.717) is 0 Å². The van der Waals surface area contributed by atoms with Crippen LogP contribution in [-0.2, 0) is 10.0 Å². The smallest absolute Gasteiger partial charge is 0.215 e. The SMILES string of the molecule is N#CNS(=O)(=O)c1ccc(F)cc1. The summed E-state index contributed by atoms with van der Waals surface area (Å²) in [6, 6.07) is 4.17. The second kappa shape index (κ2) is 3.41. The lowest BCUT2D eigenvalue weighted by Gasteiger charge is -1.99. The van der Waals surface area contributed by atoms with Crippen molar-refractivity contribution in [2.24, 2.45) is 0 Å². The zero-order valence-electron chi connectivity index (χ0n) is 6.36. The second-order valence-corrected chi connectivity index (χ2v) is 3.85. The fourth-order valence-corrected chi connectivity index (χ4v) is 1.47. The van der Waals surface area contributed by atoms with E-state index in [0.717, 1.165) is 24.3 Å². The summed E-state index contributed by atoms with van der Waals surface area (Å²) < 4.78 is 36.2. The van der Waals surface area contributed by atoms with E-state index in [9.17, 15) is 12.8 Å². The summed E-state index contributed by atoms with van der Waals surface area (Å²) >= 11 is 0. The third-order valence-electron chi connectivity index (χ3n) is 1.30. The molecule has 0 unspecified atom stereocenters. The molecule has 0 aliphatic carbocycles. The topological polar surface area (TPSA) is 70.0 Å². The molecule has 1 aromatic rings. The molecule has 0 saturated carbocycles. The van der Waals surface area contributed by atoms with Crippen molar-refractivity contribution in [2.45, 2.75) is 4.90 Å². The first kappa shape index (κ1) is 9.48. The summed E-state index contributed by atoms with van der Waals surface area (Å²) in [6.45, 7) is 0. The first-order valence-electron chi connectivity index (χ1n) is 3.23. The predicted octanol–water partition coefficient (Wildman–Crippen LogP) is 0.585. The molecular formula is C7H5FN2O2S. The highest BCUT2D eigenvalue weighted by molar-refractivity contribution is 7.89. The quantitative estimate of drug-likeness (QED) is 0.561. The van der Waals surface area contributed by atoms with Crippen molar-refractivity contribution in [3.8, 4) is 6.19 Å². The first-order valence-corrected chi connectivity index (χ1v) is 4.71. The van der Waals surface area contributed by atoms with Gasteiger partial charge in [-0.3, -0.25) is 0 Å². The number of hydrogen-bond acceptors (Lipinski definition) is 3. The number of nitriles is 1. The van der Waals surface area contributed by atoms with Gasteiger partial charge in [0.15, 0.2) is 6.19 Å². The van der Waals surface area contributed by atoms with Crippen molar-refractivity contribution in [1.29, 1.82) is 5.26 Å². The molecule has 0 aromatic heterocycles. The van der Waals surface area contributed by atoms with Gasteiger partial charge in [-0.05, 0) is 24.3 Å². The molecular weight excluding hydrogens is 195 g/mol. The molecule has 13 heavy (non-hydrogen) atoms. The van der Waals surface area contributed by atoms with Gasteiger partial charge in [0.1, 0.15) is 5.82 Å². The largest absolute Gasteiger partial charge is 0.270 e. The van der Waals surface area contributed by atoms with Gasteiger partial charge < -0.3 is 0 Å². The minimum absolute atomic E-state index is 0.143. The maximum absolute atomic E-state index is 12.4. The van der Waals surface area contributed by atoms with Gasteiger partial charge in [-0.15, -0.1) is 0 Å². The number of benzene rings is 1. The Balaban J connectivity index is 3.11. The van der Waals surface area contributed by atoms with Crippen molar-refractivity contribution in [1.82, 2.24) is 4.72 Å². The Morgan fingerprint density at radius 2 is 1.85 bits per heavy atom. The average Bonchev–Trinajstić information content (AvgIpc) is 2.05. The van der Waals surface area contributed by atoms with Gasteiger partial charge in [-0.25, -0.2) is 17.5 Å². The Bertz CT molecular complexity index is 433. The van der Waals surface area contributed by atoms with Crippen LogP contribution < -0.4 is 4.72 Å². The molecule has 0 amide bonds. The number of rotatable bonds is 2. The Morgan fingerprint density at radius 3 is 2.31 bits per heavy atom. The van der Waals surface area contributed by atoms with E-state index in [2.05, 4.69) is 0 Å². The number of halogens is 1. The third kappa shape index (κ3) is 2.16. The van der Waals surface area contributed by atoms with E-state index in [1.54, 1.807) is 4.72 Å². The standard InChI is InChI=1S/C7H5FN2O2S/c8-6-1-3-7(4-2-6)13(11,12)10-5-9/h1-4,10H. The Morgan fingerprint density at radius 1 is 1.31 bits per heavy atom. The van der Waals surface area contributed by atoms with Crippen molar-refractivity contribution in [3.63, 3.8) is 0 Å². The van der Waals surface area contributed by atoms with Gasteiger partial charge in [0.2, 0.25) is 0 Å². The zero-order chi connectivity index (χ0) is 9.90. The summed E-state index contributed by atoms with van der Waals surface area (Å²) in [5, 5.41) is 8.10. The number of hydrogen-bond donors (Lipinski definition) is 1. The number of nitrogens with zero attached hydrogens (tertiary/aromatic N) is 1. The Kier molecular flexibility index (Phi) is 2.49. The normalized spacial score (nSPS) is 10.5. The van der Waals surface area contributed by atoms with E-state index in [1.807, 2.05) is 0 Å². The van der Waals surface area contributed by atoms with Gasteiger partial charge in [0.25, 0.3) is 10.0 Å². The molecule has 4 nitrogen and oxygen atoms in total. The predicted molar refractivity (Wildman–Crippen MR) is 42.3 cm³/mol. The monoisotopic (exact) mass is 200 g/mol. The van der Waals surface area contributed by atoms with E-state index in [4.69, 9.17) is 5.26 Å². The van der Waals surface area contributed by atoms with Crippen LogP contribution in [0.4, 0.5) is 4.39 Å². The molecule has 1 aromatic carbocycles. The summed E-state index contributed by atoms with van der Waals surface area (Å²) in [5.74, 6) is -0.532. The van der Waals surface area contributed by atoms with Crippen LogP contribution in [0.1, 0.15) is 0 Å². The molecule has 0 bridgehead atoms. The molecule has 68 valence electrons. The Labute approximate surface area is 74.7 Å². The average molecular weight is 200 g/mol. The highest BCUT2D eigenvalue weighted by atomic mass is 32.2. The third-order valence-corrected chi connectivity index (χ3v) is 2.56.